The number of aromatic nitrogens is 1. The lowest BCUT2D eigenvalue weighted by Gasteiger charge is -2.18. The minimum atomic E-state index is 0.0106. The van der Waals surface area contributed by atoms with E-state index in [-0.39, 0.29) is 11.8 Å². The van der Waals surface area contributed by atoms with E-state index in [4.69, 9.17) is 4.42 Å². The smallest absolute Gasteiger partial charge is 0.221 e. The second-order valence-electron chi connectivity index (χ2n) is 6.95. The first kappa shape index (κ1) is 18.7. The molecule has 4 rings (SSSR count). The molecule has 0 aliphatic carbocycles. The Balaban J connectivity index is 1.44. The van der Waals surface area contributed by atoms with Gasteiger partial charge >= 0.3 is 0 Å². The third-order valence-electron chi connectivity index (χ3n) is 4.93. The van der Waals surface area contributed by atoms with Crippen molar-refractivity contribution in [1.29, 1.82) is 0 Å². The van der Waals surface area contributed by atoms with E-state index >= 15 is 0 Å². The second-order valence-corrected chi connectivity index (χ2v) is 6.95. The molecule has 2 aromatic heterocycles. The molecule has 0 radical (unpaired) electrons. The number of amides is 1. The van der Waals surface area contributed by atoms with E-state index in [0.717, 1.165) is 27.8 Å². The van der Waals surface area contributed by atoms with E-state index in [2.05, 4.69) is 34.6 Å². The van der Waals surface area contributed by atoms with Gasteiger partial charge in [-0.25, -0.2) is 0 Å². The van der Waals surface area contributed by atoms with Gasteiger partial charge in [-0.05, 0) is 28.8 Å². The number of carbonyl (C=O) groups is 1. The van der Waals surface area contributed by atoms with E-state index in [1.807, 2.05) is 48.5 Å². The Bertz CT molecular complexity index is 1010. The second kappa shape index (κ2) is 9.02. The van der Waals surface area contributed by atoms with Gasteiger partial charge in [0, 0.05) is 42.4 Å². The monoisotopic (exact) mass is 382 g/mol. The van der Waals surface area contributed by atoms with Crippen LogP contribution in [-0.2, 0) is 11.3 Å². The lowest BCUT2D eigenvalue weighted by molar-refractivity contribution is -0.121. The SMILES string of the molecule is O=C(CC(c1ccccc1)c1ccccc1)NCc1cncc(-c2ccoc2)c1. The Morgan fingerprint density at radius 1 is 0.897 bits per heavy atom. The van der Waals surface area contributed by atoms with Gasteiger partial charge in [0.15, 0.2) is 0 Å². The predicted molar refractivity (Wildman–Crippen MR) is 113 cm³/mol. The van der Waals surface area contributed by atoms with E-state index < -0.39 is 0 Å². The third-order valence-corrected chi connectivity index (χ3v) is 4.93. The van der Waals surface area contributed by atoms with Crippen molar-refractivity contribution in [3.63, 3.8) is 0 Å². The number of furan rings is 1. The first-order valence-electron chi connectivity index (χ1n) is 9.62. The lowest BCUT2D eigenvalue weighted by Crippen LogP contribution is -2.25. The van der Waals surface area contributed by atoms with Crippen LogP contribution in [0.5, 0.6) is 0 Å². The summed E-state index contributed by atoms with van der Waals surface area (Å²) in [4.78, 5) is 17.0. The quantitative estimate of drug-likeness (QED) is 0.479. The number of rotatable bonds is 7. The zero-order valence-corrected chi connectivity index (χ0v) is 16.0. The molecule has 4 heteroatoms. The van der Waals surface area contributed by atoms with Crippen LogP contribution >= 0.6 is 0 Å². The number of nitrogens with one attached hydrogen (secondary N) is 1. The predicted octanol–water partition coefficient (Wildman–Crippen LogP) is 5.18. The molecule has 29 heavy (non-hydrogen) atoms. The molecule has 4 aromatic rings. The summed E-state index contributed by atoms with van der Waals surface area (Å²) < 4.78 is 5.14. The molecule has 2 aromatic carbocycles. The summed E-state index contributed by atoms with van der Waals surface area (Å²) in [6, 6.07) is 24.2. The van der Waals surface area contributed by atoms with Crippen molar-refractivity contribution in [1.82, 2.24) is 10.3 Å². The normalized spacial score (nSPS) is 10.8. The Kier molecular flexibility index (Phi) is 5.81. The zero-order valence-electron chi connectivity index (χ0n) is 16.0. The van der Waals surface area contributed by atoms with Gasteiger partial charge in [-0.3, -0.25) is 9.78 Å². The highest BCUT2D eigenvalue weighted by Gasteiger charge is 2.18. The molecule has 2 heterocycles. The Morgan fingerprint density at radius 3 is 2.21 bits per heavy atom. The summed E-state index contributed by atoms with van der Waals surface area (Å²) >= 11 is 0. The van der Waals surface area contributed by atoms with Crippen LogP contribution < -0.4 is 5.32 Å². The maximum absolute atomic E-state index is 12.7. The van der Waals surface area contributed by atoms with Gasteiger partial charge in [0.2, 0.25) is 5.91 Å². The molecule has 0 fully saturated rings. The molecule has 0 unspecified atom stereocenters. The summed E-state index contributed by atoms with van der Waals surface area (Å²) in [5.74, 6) is 0.0317. The lowest BCUT2D eigenvalue weighted by atomic mass is 9.88. The molecule has 0 atom stereocenters. The number of benzene rings is 2. The molecule has 144 valence electrons. The fraction of sp³-hybridized carbons (Fsp3) is 0.120. The molecule has 1 amide bonds. The fourth-order valence-corrected chi connectivity index (χ4v) is 3.43. The van der Waals surface area contributed by atoms with E-state index in [1.54, 1.807) is 24.9 Å². The van der Waals surface area contributed by atoms with Crippen LogP contribution in [0, 0.1) is 0 Å². The Morgan fingerprint density at radius 2 is 1.59 bits per heavy atom. The molecule has 0 aliphatic heterocycles. The van der Waals surface area contributed by atoms with E-state index in [0.29, 0.717) is 13.0 Å². The van der Waals surface area contributed by atoms with Crippen LogP contribution in [0.15, 0.2) is 102 Å². The minimum absolute atomic E-state index is 0.0106. The highest BCUT2D eigenvalue weighted by molar-refractivity contribution is 5.77. The highest BCUT2D eigenvalue weighted by Crippen LogP contribution is 2.28. The summed E-state index contributed by atoms with van der Waals surface area (Å²) in [6.45, 7) is 0.438. The van der Waals surface area contributed by atoms with Crippen LogP contribution in [0.2, 0.25) is 0 Å². The van der Waals surface area contributed by atoms with Crippen LogP contribution in [0.25, 0.3) is 11.1 Å². The van der Waals surface area contributed by atoms with Crippen LogP contribution in [0.1, 0.15) is 29.0 Å². The Labute approximate surface area is 170 Å². The number of pyridine rings is 1. The third kappa shape index (κ3) is 4.79. The Hall–Kier alpha value is -3.66. The molecule has 0 bridgehead atoms. The summed E-state index contributed by atoms with van der Waals surface area (Å²) in [5.41, 5.74) is 5.17. The average molecular weight is 382 g/mol. The molecule has 4 nitrogen and oxygen atoms in total. The largest absolute Gasteiger partial charge is 0.472 e. The van der Waals surface area contributed by atoms with Crippen molar-refractivity contribution in [2.45, 2.75) is 18.9 Å². The topological polar surface area (TPSA) is 55.1 Å². The van der Waals surface area contributed by atoms with E-state index in [1.165, 1.54) is 0 Å². The minimum Gasteiger partial charge on any atom is -0.472 e. The number of hydrogen-bond acceptors (Lipinski definition) is 3. The van der Waals surface area contributed by atoms with Gasteiger partial charge in [0.1, 0.15) is 0 Å². The number of hydrogen-bond donors (Lipinski definition) is 1. The van der Waals surface area contributed by atoms with Crippen LogP contribution in [-0.4, -0.2) is 10.9 Å². The zero-order chi connectivity index (χ0) is 19.9. The maximum atomic E-state index is 12.7. The maximum Gasteiger partial charge on any atom is 0.221 e. The van der Waals surface area contributed by atoms with Gasteiger partial charge in [-0.2, -0.15) is 0 Å². The molecule has 0 saturated carbocycles. The van der Waals surface area contributed by atoms with E-state index in [9.17, 15) is 4.79 Å². The number of nitrogens with zero attached hydrogens (tertiary/aromatic N) is 1. The van der Waals surface area contributed by atoms with Crippen molar-refractivity contribution in [3.8, 4) is 11.1 Å². The van der Waals surface area contributed by atoms with Gasteiger partial charge in [-0.1, -0.05) is 60.7 Å². The van der Waals surface area contributed by atoms with Gasteiger partial charge in [-0.15, -0.1) is 0 Å². The first-order chi connectivity index (χ1) is 14.3. The van der Waals surface area contributed by atoms with Crippen molar-refractivity contribution in [2.75, 3.05) is 0 Å². The van der Waals surface area contributed by atoms with Crippen molar-refractivity contribution in [3.05, 3.63) is 114 Å². The van der Waals surface area contributed by atoms with Crippen LogP contribution in [0.3, 0.4) is 0 Å². The van der Waals surface area contributed by atoms with Crippen LogP contribution in [0.4, 0.5) is 0 Å². The van der Waals surface area contributed by atoms with Gasteiger partial charge in [0.05, 0.1) is 12.5 Å². The van der Waals surface area contributed by atoms with Crippen molar-refractivity contribution >= 4 is 5.91 Å². The van der Waals surface area contributed by atoms with Gasteiger partial charge in [0.25, 0.3) is 0 Å². The number of carbonyl (C=O) groups excluding carboxylic acids is 1. The summed E-state index contributed by atoms with van der Waals surface area (Å²) in [5, 5.41) is 3.04. The average Bonchev–Trinajstić information content (AvgIpc) is 3.33. The molecular weight excluding hydrogens is 360 g/mol. The summed E-state index contributed by atoms with van der Waals surface area (Å²) in [6.07, 6.45) is 7.27. The molecular formula is C25H22N2O2. The summed E-state index contributed by atoms with van der Waals surface area (Å²) in [7, 11) is 0. The molecule has 0 spiro atoms. The molecule has 0 saturated heterocycles. The van der Waals surface area contributed by atoms with Crippen molar-refractivity contribution in [2.24, 2.45) is 0 Å². The molecule has 0 aliphatic rings. The van der Waals surface area contributed by atoms with Gasteiger partial charge < -0.3 is 9.73 Å². The first-order valence-corrected chi connectivity index (χ1v) is 9.62. The van der Waals surface area contributed by atoms with Crippen molar-refractivity contribution < 1.29 is 9.21 Å². The fourth-order valence-electron chi connectivity index (χ4n) is 3.43. The highest BCUT2D eigenvalue weighted by atomic mass is 16.3. The molecule has 1 N–H and O–H groups in total. The standard InChI is InChI=1S/C25H22N2O2/c28-25(27-16-19-13-23(17-26-15-19)22-11-12-29-18-22)14-24(20-7-3-1-4-8-20)21-9-5-2-6-10-21/h1-13,15,17-18,24H,14,16H2,(H,27,28).